The topological polar surface area (TPSA) is 113 Å². The van der Waals surface area contributed by atoms with Gasteiger partial charge in [0.1, 0.15) is 0 Å². The number of aryl methyl sites for hydroxylation is 1. The lowest BCUT2D eigenvalue weighted by atomic mass is 9.91. The maximum atomic E-state index is 12.1. The van der Waals surface area contributed by atoms with Crippen LogP contribution in [0.5, 0.6) is 0 Å². The van der Waals surface area contributed by atoms with Crippen LogP contribution in [-0.2, 0) is 26.7 Å². The van der Waals surface area contributed by atoms with Gasteiger partial charge in [0.05, 0.1) is 6.20 Å². The minimum Gasteiger partial charge on any atom is -0.347 e. The van der Waals surface area contributed by atoms with Crippen LogP contribution in [0.4, 0.5) is 8.78 Å². The molecule has 1 aliphatic heterocycles. The van der Waals surface area contributed by atoms with Gasteiger partial charge in [0.25, 0.3) is 10.0 Å². The molecule has 9 nitrogen and oxygen atoms in total. The van der Waals surface area contributed by atoms with Crippen molar-refractivity contribution in [2.24, 2.45) is 7.05 Å². The van der Waals surface area contributed by atoms with E-state index in [1.807, 2.05) is 13.2 Å². The highest BCUT2D eigenvalue weighted by atomic mass is 32.2. The van der Waals surface area contributed by atoms with Gasteiger partial charge in [0.2, 0.25) is 0 Å². The molecule has 0 aromatic carbocycles. The lowest BCUT2D eigenvalue weighted by Crippen LogP contribution is -2.47. The van der Waals surface area contributed by atoms with E-state index in [9.17, 15) is 26.8 Å². The van der Waals surface area contributed by atoms with Crippen LogP contribution in [0.2, 0.25) is 0 Å². The number of piperidine rings is 1. The fraction of sp³-hybridized carbons (Fsp3) is 0.643. The van der Waals surface area contributed by atoms with E-state index in [4.69, 9.17) is 0 Å². The van der Waals surface area contributed by atoms with Gasteiger partial charge in [-0.1, -0.05) is 0 Å². The molecule has 1 aliphatic rings. The lowest BCUT2D eigenvalue weighted by molar-refractivity contribution is -0.146. The quantitative estimate of drug-likeness (QED) is 0.494. The maximum absolute atomic E-state index is 12.1. The highest BCUT2D eigenvalue weighted by Gasteiger charge is 2.28. The predicted molar refractivity (Wildman–Crippen MR) is 87.7 cm³/mol. The molecule has 0 bridgehead atoms. The summed E-state index contributed by atoms with van der Waals surface area (Å²) in [6, 6.07) is 0. The number of aromatic nitrogens is 2. The Labute approximate surface area is 149 Å². The number of amides is 2. The molecule has 1 aromatic rings. The Morgan fingerprint density at radius 1 is 1.31 bits per heavy atom. The molecule has 2 amide bonds. The molecule has 2 heterocycles. The summed E-state index contributed by atoms with van der Waals surface area (Å²) >= 11 is 0. The van der Waals surface area contributed by atoms with Crippen molar-refractivity contribution in [3.8, 4) is 0 Å². The number of sulfonamides is 1. The van der Waals surface area contributed by atoms with Crippen molar-refractivity contribution in [2.75, 3.05) is 26.2 Å². The number of hydrogen-bond donors (Lipinski definition) is 2. The number of carbonyl (C=O) groups is 2. The summed E-state index contributed by atoms with van der Waals surface area (Å²) in [4.78, 5) is 25.3. The Hall–Kier alpha value is -2.08. The zero-order valence-electron chi connectivity index (χ0n) is 14.2. The first-order valence-electron chi connectivity index (χ1n) is 8.03. The fourth-order valence-electron chi connectivity index (χ4n) is 2.72. The molecular weight excluding hydrogens is 372 g/mol. The Morgan fingerprint density at radius 2 is 1.96 bits per heavy atom. The highest BCUT2D eigenvalue weighted by Crippen LogP contribution is 2.27. The van der Waals surface area contributed by atoms with Crippen molar-refractivity contribution in [1.29, 1.82) is 0 Å². The minimum absolute atomic E-state index is 0.261. The van der Waals surface area contributed by atoms with Crippen molar-refractivity contribution < 1.29 is 26.8 Å². The van der Waals surface area contributed by atoms with E-state index < -0.39 is 34.1 Å². The summed E-state index contributed by atoms with van der Waals surface area (Å²) in [5, 5.41) is 6.34. The number of nitrogens with one attached hydrogen (secondary N) is 2. The van der Waals surface area contributed by atoms with Gasteiger partial charge < -0.3 is 10.2 Å². The monoisotopic (exact) mass is 393 g/mol. The third-order valence-electron chi connectivity index (χ3n) is 4.12. The van der Waals surface area contributed by atoms with E-state index >= 15 is 0 Å². The van der Waals surface area contributed by atoms with E-state index in [1.165, 1.54) is 4.90 Å². The molecule has 2 N–H and O–H groups in total. The largest absolute Gasteiger partial charge is 0.350 e. The van der Waals surface area contributed by atoms with Gasteiger partial charge in [-0.2, -0.15) is 13.9 Å². The van der Waals surface area contributed by atoms with Gasteiger partial charge in [-0.15, -0.1) is 0 Å². The molecule has 0 saturated carbocycles. The number of alkyl halides is 2. The second-order valence-electron chi connectivity index (χ2n) is 5.97. The number of nitrogens with zero attached hydrogens (tertiary/aromatic N) is 3. The zero-order chi connectivity index (χ0) is 19.3. The average molecular weight is 393 g/mol. The van der Waals surface area contributed by atoms with Crippen molar-refractivity contribution in [2.45, 2.75) is 24.5 Å². The van der Waals surface area contributed by atoms with Crippen LogP contribution < -0.4 is 10.0 Å². The highest BCUT2D eigenvalue weighted by molar-refractivity contribution is 7.89. The first kappa shape index (κ1) is 20.2. The Bertz CT molecular complexity index is 744. The van der Waals surface area contributed by atoms with Crippen molar-refractivity contribution in [1.82, 2.24) is 24.7 Å². The molecule has 146 valence electrons. The summed E-state index contributed by atoms with van der Waals surface area (Å²) in [6.45, 7) is 0.158. The standard InChI is InChI=1S/C14H21F2N5O4S/c1-20-9-11(8-18-20)10-2-6-21(7-3-10)13(23)12(22)17-4-5-19-26(24,25)14(15)16/h8-10,14,19H,2-7H2,1H3,(H,17,22). The van der Waals surface area contributed by atoms with Gasteiger partial charge >= 0.3 is 17.6 Å². The van der Waals surface area contributed by atoms with Crippen LogP contribution >= 0.6 is 0 Å². The fourth-order valence-corrected chi connectivity index (χ4v) is 3.23. The molecular formula is C14H21F2N5O4S. The number of likely N-dealkylation sites (tertiary alicyclic amines) is 1. The van der Waals surface area contributed by atoms with Crippen molar-refractivity contribution >= 4 is 21.8 Å². The summed E-state index contributed by atoms with van der Waals surface area (Å²) in [6.07, 6.45) is 5.13. The summed E-state index contributed by atoms with van der Waals surface area (Å²) in [5.41, 5.74) is 1.09. The zero-order valence-corrected chi connectivity index (χ0v) is 15.0. The van der Waals surface area contributed by atoms with Crippen molar-refractivity contribution in [3.05, 3.63) is 18.0 Å². The minimum atomic E-state index is -4.70. The van der Waals surface area contributed by atoms with Gasteiger partial charge in [-0.25, -0.2) is 13.1 Å². The van der Waals surface area contributed by atoms with Crippen LogP contribution in [0.15, 0.2) is 12.4 Å². The van der Waals surface area contributed by atoms with Gasteiger partial charge in [-0.3, -0.25) is 14.3 Å². The number of carbonyl (C=O) groups excluding carboxylic acids is 2. The van der Waals surface area contributed by atoms with E-state index in [0.717, 1.165) is 5.56 Å². The Morgan fingerprint density at radius 3 is 2.50 bits per heavy atom. The van der Waals surface area contributed by atoms with Gasteiger partial charge in [-0.05, 0) is 24.3 Å². The number of hydrogen-bond acceptors (Lipinski definition) is 5. The molecule has 0 atom stereocenters. The molecule has 0 spiro atoms. The van der Waals surface area contributed by atoms with E-state index in [2.05, 4.69) is 10.4 Å². The molecule has 12 heteroatoms. The van der Waals surface area contributed by atoms with Crippen LogP contribution in [0.1, 0.15) is 24.3 Å². The number of rotatable bonds is 6. The third-order valence-corrected chi connectivity index (χ3v) is 5.20. The average Bonchev–Trinajstić information content (AvgIpc) is 3.04. The summed E-state index contributed by atoms with van der Waals surface area (Å²) in [7, 11) is -2.88. The van der Waals surface area contributed by atoms with Crippen LogP contribution in [0.3, 0.4) is 0 Å². The van der Waals surface area contributed by atoms with Crippen LogP contribution in [-0.4, -0.2) is 66.8 Å². The molecule has 0 radical (unpaired) electrons. The second-order valence-corrected chi connectivity index (χ2v) is 7.70. The normalized spacial score (nSPS) is 16.1. The molecule has 2 rings (SSSR count). The van der Waals surface area contributed by atoms with E-state index in [1.54, 1.807) is 15.6 Å². The predicted octanol–water partition coefficient (Wildman–Crippen LogP) is -0.616. The van der Waals surface area contributed by atoms with Gasteiger partial charge in [0, 0.05) is 39.4 Å². The van der Waals surface area contributed by atoms with E-state index in [0.29, 0.717) is 25.9 Å². The third kappa shape index (κ3) is 5.21. The Balaban J connectivity index is 1.73. The molecule has 1 fully saturated rings. The van der Waals surface area contributed by atoms with Crippen molar-refractivity contribution in [3.63, 3.8) is 0 Å². The number of halogens is 2. The molecule has 0 unspecified atom stereocenters. The summed E-state index contributed by atoms with van der Waals surface area (Å²) < 4.78 is 49.3. The Kier molecular flexibility index (Phi) is 6.64. The first-order chi connectivity index (χ1) is 12.2. The van der Waals surface area contributed by atoms with Crippen LogP contribution in [0, 0.1) is 0 Å². The second kappa shape index (κ2) is 8.54. The smallest absolute Gasteiger partial charge is 0.347 e. The molecule has 1 saturated heterocycles. The van der Waals surface area contributed by atoms with Gasteiger partial charge in [0.15, 0.2) is 0 Å². The van der Waals surface area contributed by atoms with E-state index in [-0.39, 0.29) is 12.5 Å². The maximum Gasteiger partial charge on any atom is 0.350 e. The SMILES string of the molecule is Cn1cc(C2CCN(C(=O)C(=O)NCCNS(=O)(=O)C(F)F)CC2)cn1. The molecule has 0 aliphatic carbocycles. The first-order valence-corrected chi connectivity index (χ1v) is 9.57. The molecule has 1 aromatic heterocycles. The summed E-state index contributed by atoms with van der Waals surface area (Å²) in [5.74, 6) is -4.87. The van der Waals surface area contributed by atoms with Crippen LogP contribution in [0.25, 0.3) is 0 Å². The lowest BCUT2D eigenvalue weighted by Gasteiger charge is -2.31. The molecule has 26 heavy (non-hydrogen) atoms.